The van der Waals surface area contributed by atoms with Crippen LogP contribution in [0.2, 0.25) is 0 Å². The third-order valence-corrected chi connectivity index (χ3v) is 5.08. The second-order valence-corrected chi connectivity index (χ2v) is 7.40. The minimum atomic E-state index is -2.83. The molecular formula is C25H27F2N2O2+. The molecule has 0 heterocycles. The predicted octanol–water partition coefficient (Wildman–Crippen LogP) is 3.25. The molecule has 6 heteroatoms. The third kappa shape index (κ3) is 6.89. The Hall–Kier alpha value is -3.25. The molecule has 0 spiro atoms. The van der Waals surface area contributed by atoms with Crippen molar-refractivity contribution in [3.05, 3.63) is 102 Å². The summed E-state index contributed by atoms with van der Waals surface area (Å²) in [4.78, 5) is 13.6. The van der Waals surface area contributed by atoms with Crippen molar-refractivity contribution in [1.82, 2.24) is 5.32 Å². The van der Waals surface area contributed by atoms with Gasteiger partial charge in [-0.3, -0.25) is 4.79 Å². The number of hydrogen-bond donors (Lipinski definition) is 2. The smallest absolute Gasteiger partial charge is 0.387 e. The Labute approximate surface area is 181 Å². The molecule has 4 nitrogen and oxygen atoms in total. The minimum absolute atomic E-state index is 0.0352. The Bertz CT molecular complexity index is 895. The summed E-state index contributed by atoms with van der Waals surface area (Å²) in [7, 11) is 2.02. The van der Waals surface area contributed by atoms with E-state index in [9.17, 15) is 13.6 Å². The Balaban J connectivity index is 1.55. The zero-order valence-electron chi connectivity index (χ0n) is 17.4. The summed E-state index contributed by atoms with van der Waals surface area (Å²) >= 11 is 0. The van der Waals surface area contributed by atoms with Crippen LogP contribution in [-0.4, -0.2) is 32.7 Å². The SMILES string of the molecule is C[NH+](CC(=O)NCCc1ccc(OC(F)F)cc1)C(c1ccccc1)c1ccccc1. The lowest BCUT2D eigenvalue weighted by Gasteiger charge is -2.25. The Morgan fingerprint density at radius 3 is 1.97 bits per heavy atom. The van der Waals surface area contributed by atoms with E-state index < -0.39 is 6.61 Å². The van der Waals surface area contributed by atoms with Crippen LogP contribution in [0.25, 0.3) is 0 Å². The summed E-state index contributed by atoms with van der Waals surface area (Å²) in [5.41, 5.74) is 3.25. The van der Waals surface area contributed by atoms with Crippen molar-refractivity contribution in [2.24, 2.45) is 0 Å². The summed E-state index contributed by atoms with van der Waals surface area (Å²) in [6, 6.07) is 26.9. The summed E-state index contributed by atoms with van der Waals surface area (Å²) < 4.78 is 28.8. The third-order valence-electron chi connectivity index (χ3n) is 5.08. The molecule has 2 N–H and O–H groups in total. The van der Waals surface area contributed by atoms with Gasteiger partial charge in [-0.05, 0) is 24.1 Å². The first-order valence-electron chi connectivity index (χ1n) is 10.3. The molecule has 0 saturated carbocycles. The van der Waals surface area contributed by atoms with E-state index in [-0.39, 0.29) is 17.7 Å². The molecule has 3 rings (SSSR count). The molecule has 0 saturated heterocycles. The summed E-state index contributed by atoms with van der Waals surface area (Å²) in [6.45, 7) is -2.03. The van der Waals surface area contributed by atoms with Crippen molar-refractivity contribution in [3.8, 4) is 5.75 Å². The predicted molar refractivity (Wildman–Crippen MR) is 116 cm³/mol. The molecule has 31 heavy (non-hydrogen) atoms. The van der Waals surface area contributed by atoms with Crippen LogP contribution in [0, 0.1) is 0 Å². The normalized spacial score (nSPS) is 12.0. The van der Waals surface area contributed by atoms with Crippen LogP contribution in [0.4, 0.5) is 8.78 Å². The van der Waals surface area contributed by atoms with Crippen LogP contribution in [0.1, 0.15) is 22.7 Å². The van der Waals surface area contributed by atoms with Gasteiger partial charge in [-0.2, -0.15) is 8.78 Å². The standard InChI is InChI=1S/C25H26F2N2O2/c1-29(24(20-8-4-2-5-9-20)21-10-6-3-7-11-21)18-23(30)28-17-16-19-12-14-22(15-13-19)31-25(26)27/h2-15,24-25H,16-18H2,1H3,(H,28,30)/p+1. The number of nitrogens with one attached hydrogen (secondary N) is 2. The average molecular weight is 425 g/mol. The maximum Gasteiger partial charge on any atom is 0.387 e. The van der Waals surface area contributed by atoms with Crippen molar-refractivity contribution in [2.45, 2.75) is 19.1 Å². The molecule has 0 aliphatic rings. The summed E-state index contributed by atoms with van der Waals surface area (Å²) in [5.74, 6) is 0.0906. The van der Waals surface area contributed by atoms with Crippen LogP contribution < -0.4 is 15.0 Å². The second-order valence-electron chi connectivity index (χ2n) is 7.40. The van der Waals surface area contributed by atoms with E-state index in [2.05, 4.69) is 34.3 Å². The fraction of sp³-hybridized carbons (Fsp3) is 0.240. The number of hydrogen-bond acceptors (Lipinski definition) is 2. The highest BCUT2D eigenvalue weighted by atomic mass is 19.3. The highest BCUT2D eigenvalue weighted by Gasteiger charge is 2.24. The number of halogens is 2. The highest BCUT2D eigenvalue weighted by molar-refractivity contribution is 5.76. The largest absolute Gasteiger partial charge is 0.435 e. The van der Waals surface area contributed by atoms with Crippen molar-refractivity contribution in [1.29, 1.82) is 0 Å². The number of likely N-dealkylation sites (N-methyl/N-ethyl adjacent to an activating group) is 1. The fourth-order valence-corrected chi connectivity index (χ4v) is 3.65. The van der Waals surface area contributed by atoms with Crippen molar-refractivity contribution < 1.29 is 23.2 Å². The number of rotatable bonds is 10. The molecule has 0 aliphatic heterocycles. The lowest BCUT2D eigenvalue weighted by molar-refractivity contribution is -0.898. The number of ether oxygens (including phenoxy) is 1. The first kappa shape index (κ1) is 22.4. The molecular weight excluding hydrogens is 398 g/mol. The quantitative estimate of drug-likeness (QED) is 0.524. The van der Waals surface area contributed by atoms with Gasteiger partial charge < -0.3 is 15.0 Å². The Kier molecular flexibility index (Phi) is 8.12. The van der Waals surface area contributed by atoms with E-state index in [4.69, 9.17) is 0 Å². The molecule has 1 unspecified atom stereocenters. The van der Waals surface area contributed by atoms with Gasteiger partial charge in [0.1, 0.15) is 11.8 Å². The van der Waals surface area contributed by atoms with Gasteiger partial charge >= 0.3 is 6.61 Å². The second kappa shape index (κ2) is 11.2. The maximum absolute atomic E-state index is 12.6. The van der Waals surface area contributed by atoms with Gasteiger partial charge in [0.05, 0.1) is 7.05 Å². The van der Waals surface area contributed by atoms with Gasteiger partial charge in [0.2, 0.25) is 0 Å². The van der Waals surface area contributed by atoms with Gasteiger partial charge in [0.25, 0.3) is 5.91 Å². The number of benzene rings is 3. The topological polar surface area (TPSA) is 42.8 Å². The minimum Gasteiger partial charge on any atom is -0.435 e. The molecule has 162 valence electrons. The summed E-state index contributed by atoms with van der Waals surface area (Å²) in [6.07, 6.45) is 0.612. The fourth-order valence-electron chi connectivity index (χ4n) is 3.65. The van der Waals surface area contributed by atoms with Gasteiger partial charge in [-0.1, -0.05) is 72.8 Å². The number of alkyl halides is 2. The molecule has 1 amide bonds. The molecule has 3 aromatic rings. The van der Waals surface area contributed by atoms with Gasteiger partial charge in [0.15, 0.2) is 6.54 Å². The number of carbonyl (C=O) groups is 1. The van der Waals surface area contributed by atoms with Crippen LogP contribution in [0.15, 0.2) is 84.9 Å². The van der Waals surface area contributed by atoms with Gasteiger partial charge in [0, 0.05) is 17.7 Å². The van der Waals surface area contributed by atoms with E-state index in [0.29, 0.717) is 19.5 Å². The number of carbonyl (C=O) groups excluding carboxylic acids is 1. The van der Waals surface area contributed by atoms with Crippen molar-refractivity contribution >= 4 is 5.91 Å². The lowest BCUT2D eigenvalue weighted by Crippen LogP contribution is -3.10. The van der Waals surface area contributed by atoms with Gasteiger partial charge in [-0.15, -0.1) is 0 Å². The van der Waals surface area contributed by atoms with Crippen LogP contribution in [0.3, 0.4) is 0 Å². The average Bonchev–Trinajstić information content (AvgIpc) is 2.76. The molecule has 0 radical (unpaired) electrons. The monoisotopic (exact) mass is 425 g/mol. The zero-order chi connectivity index (χ0) is 22.1. The number of quaternary nitrogens is 1. The van der Waals surface area contributed by atoms with Crippen molar-refractivity contribution in [3.63, 3.8) is 0 Å². The first-order chi connectivity index (χ1) is 15.0. The van der Waals surface area contributed by atoms with Crippen LogP contribution >= 0.6 is 0 Å². The molecule has 0 bridgehead atoms. The Morgan fingerprint density at radius 2 is 1.45 bits per heavy atom. The van der Waals surface area contributed by atoms with E-state index in [0.717, 1.165) is 21.6 Å². The molecule has 3 aromatic carbocycles. The Morgan fingerprint density at radius 1 is 0.903 bits per heavy atom. The van der Waals surface area contributed by atoms with Crippen LogP contribution in [-0.2, 0) is 11.2 Å². The maximum atomic E-state index is 12.6. The molecule has 1 atom stereocenters. The zero-order valence-corrected chi connectivity index (χ0v) is 17.4. The highest BCUT2D eigenvalue weighted by Crippen LogP contribution is 2.18. The number of amides is 1. The molecule has 0 aromatic heterocycles. The van der Waals surface area contributed by atoms with E-state index in [1.807, 2.05) is 43.4 Å². The van der Waals surface area contributed by atoms with Gasteiger partial charge in [-0.25, -0.2) is 0 Å². The van der Waals surface area contributed by atoms with Crippen molar-refractivity contribution in [2.75, 3.05) is 20.1 Å². The lowest BCUT2D eigenvalue weighted by atomic mass is 9.97. The molecule has 0 fully saturated rings. The first-order valence-corrected chi connectivity index (χ1v) is 10.3. The van der Waals surface area contributed by atoms with E-state index >= 15 is 0 Å². The van der Waals surface area contributed by atoms with E-state index in [1.165, 1.54) is 12.1 Å². The molecule has 0 aliphatic carbocycles. The van der Waals surface area contributed by atoms with E-state index in [1.54, 1.807) is 12.1 Å². The summed E-state index contributed by atoms with van der Waals surface area (Å²) in [5, 5.41) is 2.96. The van der Waals surface area contributed by atoms with Crippen LogP contribution in [0.5, 0.6) is 5.75 Å².